The summed E-state index contributed by atoms with van der Waals surface area (Å²) < 4.78 is 41.2. The number of nitrogen functional groups attached to an aromatic ring is 3. The van der Waals surface area contributed by atoms with Crippen LogP contribution in [0.4, 0.5) is 30.2 Å². The van der Waals surface area contributed by atoms with E-state index in [1.165, 1.54) is 49.3 Å². The molecule has 1 radical (unpaired) electrons. The van der Waals surface area contributed by atoms with E-state index in [2.05, 4.69) is 40.7 Å². The number of thiol groups is 1. The Kier molecular flexibility index (Phi) is 17.3. The van der Waals surface area contributed by atoms with Gasteiger partial charge in [0.15, 0.2) is 0 Å². The van der Waals surface area contributed by atoms with Crippen molar-refractivity contribution in [1.82, 2.24) is 0 Å². The third kappa shape index (κ3) is 14.3. The van der Waals surface area contributed by atoms with Crippen molar-refractivity contribution in [2.24, 2.45) is 4.30 Å². The fourth-order valence-corrected chi connectivity index (χ4v) is 3.10. The molecule has 0 saturated heterocycles. The monoisotopic (exact) mass is 644 g/mol. The van der Waals surface area contributed by atoms with Crippen molar-refractivity contribution >= 4 is 60.6 Å². The van der Waals surface area contributed by atoms with Crippen molar-refractivity contribution in [2.45, 2.75) is 25.6 Å². The van der Waals surface area contributed by atoms with E-state index in [-0.39, 0.29) is 17.1 Å². The average molecular weight is 645 g/mol. The first-order valence-corrected chi connectivity index (χ1v) is 12.4. The quantitative estimate of drug-likeness (QED) is 0.124. The Balaban J connectivity index is 0.000000529. The van der Waals surface area contributed by atoms with Crippen LogP contribution >= 0.6 is 28.7 Å². The van der Waals surface area contributed by atoms with Gasteiger partial charge in [0, 0.05) is 4.47 Å². The van der Waals surface area contributed by atoms with Crippen LogP contribution in [0.2, 0.25) is 6.82 Å². The number of hydrogen-bond donors (Lipinski definition) is 6. The molecule has 0 bridgehead atoms. The van der Waals surface area contributed by atoms with Gasteiger partial charge in [-0.2, -0.15) is 15.8 Å². The van der Waals surface area contributed by atoms with Crippen molar-refractivity contribution in [3.8, 4) is 18.2 Å². The first kappa shape index (κ1) is 37.0. The topological polar surface area (TPSA) is 202 Å². The summed E-state index contributed by atoms with van der Waals surface area (Å²) in [5.74, 6) is -1.04. The molecule has 3 aromatic rings. The van der Waals surface area contributed by atoms with Gasteiger partial charge in [-0.15, -0.1) is 0 Å². The van der Waals surface area contributed by atoms with Crippen molar-refractivity contribution in [2.75, 3.05) is 17.2 Å². The predicted octanol–water partition coefficient (Wildman–Crippen LogP) is 4.75. The molecule has 0 atom stereocenters. The number of anilines is 3. The van der Waals surface area contributed by atoms with Gasteiger partial charge in [-0.1, -0.05) is 0 Å². The van der Waals surface area contributed by atoms with Gasteiger partial charge in [-0.3, -0.25) is 0 Å². The van der Waals surface area contributed by atoms with E-state index in [0.717, 1.165) is 18.4 Å². The van der Waals surface area contributed by atoms with Crippen LogP contribution in [0.5, 0.6) is 0 Å². The number of nitrogens with two attached hydrogens (primary N) is 3. The third-order valence-electron chi connectivity index (χ3n) is 4.64. The zero-order valence-electron chi connectivity index (χ0n) is 21.6. The zero-order valence-corrected chi connectivity index (χ0v) is 24.0. The van der Waals surface area contributed by atoms with Crippen LogP contribution in [0.25, 0.3) is 0 Å². The molecule has 0 unspecified atom stereocenters. The van der Waals surface area contributed by atoms with Gasteiger partial charge in [0.25, 0.3) is 0 Å². The van der Waals surface area contributed by atoms with Crippen molar-refractivity contribution in [1.29, 1.82) is 15.8 Å². The summed E-state index contributed by atoms with van der Waals surface area (Å²) in [5.41, 5.74) is 17.8. The first-order chi connectivity index (χ1) is 19.2. The Morgan fingerprint density at radius 1 is 0.878 bits per heavy atom. The molecule has 0 spiro atoms. The van der Waals surface area contributed by atoms with Crippen LogP contribution < -0.4 is 17.2 Å². The van der Waals surface area contributed by atoms with E-state index in [0.29, 0.717) is 27.1 Å². The number of hydrogen-bond acceptors (Lipinski definition) is 10. The molecule has 8 N–H and O–H groups in total. The van der Waals surface area contributed by atoms with Crippen LogP contribution in [-0.4, -0.2) is 24.8 Å². The van der Waals surface area contributed by atoms with Gasteiger partial charge >= 0.3 is 31.9 Å². The molecule has 16 heteroatoms. The van der Waals surface area contributed by atoms with Crippen LogP contribution in [-0.2, 0) is 0 Å². The van der Waals surface area contributed by atoms with Gasteiger partial charge in [-0.05, 0) is 89.5 Å². The second-order valence-electron chi connectivity index (χ2n) is 7.91. The molecule has 0 aromatic heterocycles. The number of rotatable bonds is 1. The van der Waals surface area contributed by atoms with E-state index in [1.807, 2.05) is 18.2 Å². The maximum absolute atomic E-state index is 13.0. The standard InChI is InChI=1S/C10H9FN2.C7H4BrFN2.C7H5FN2.CH5BO2.BHNS/c11-9-4-8(6-1-2-6)7(5-12)3-10(9)13;8-5-2-6(9)7(11)1-4(5)3-10;8-6-2-1-5(4-9)3-7(6)10;1-2(3)4;1-2-3/h3-4,6H,1-2,13H2;1-2H,11H2;1-3H,10H2;3-4H,1H3;3H. The molecule has 1 aliphatic rings. The summed E-state index contributed by atoms with van der Waals surface area (Å²) in [5, 5.41) is 40.8. The van der Waals surface area contributed by atoms with Gasteiger partial charge < -0.3 is 27.2 Å². The molecule has 1 fully saturated rings. The Labute approximate surface area is 251 Å². The number of halogens is 4. The Hall–Kier alpha value is -4.00. The molecule has 1 saturated carbocycles. The van der Waals surface area contributed by atoms with Crippen LogP contribution in [0, 0.1) is 51.4 Å². The second-order valence-corrected chi connectivity index (χ2v) is 8.99. The molecule has 0 amide bonds. The second kappa shape index (κ2) is 19.1. The summed E-state index contributed by atoms with van der Waals surface area (Å²) in [6.45, 7) is 1.28. The molecule has 211 valence electrons. The van der Waals surface area contributed by atoms with E-state index in [1.54, 1.807) is 0 Å². The third-order valence-corrected chi connectivity index (χ3v) is 5.29. The minimum atomic E-state index is -1.17. The van der Waals surface area contributed by atoms with E-state index >= 15 is 0 Å². The molecule has 4 rings (SSSR count). The zero-order chi connectivity index (χ0) is 31.7. The fourth-order valence-electron chi connectivity index (χ4n) is 2.70. The van der Waals surface area contributed by atoms with Crippen LogP contribution in [0.3, 0.4) is 0 Å². The van der Waals surface area contributed by atoms with Gasteiger partial charge in [0.1, 0.15) is 23.5 Å². The van der Waals surface area contributed by atoms with E-state index in [4.69, 9.17) is 43.0 Å². The SMILES string of the molecule is CB(O)O.N#Cc1cc(N)c(F)cc1Br.N#Cc1cc(N)c(F)cc1C1CC1.N#Cc1ccc(F)c(N)c1.[B]=NS. The molecule has 9 nitrogen and oxygen atoms in total. The number of nitriles is 3. The first-order valence-electron chi connectivity index (χ1n) is 11.2. The van der Waals surface area contributed by atoms with Gasteiger partial charge in [-0.25, -0.2) is 13.2 Å². The van der Waals surface area contributed by atoms with Crippen LogP contribution in [0.1, 0.15) is 41.0 Å². The Bertz CT molecular complexity index is 1460. The van der Waals surface area contributed by atoms with Gasteiger partial charge in [0.05, 0.1) is 45.9 Å². The fraction of sp³-hybridized carbons (Fsp3) is 0.160. The van der Waals surface area contributed by atoms with Crippen LogP contribution in [0.15, 0.2) is 51.2 Å². The number of nitrogens with zero attached hydrogens (tertiary/aromatic N) is 4. The predicted molar refractivity (Wildman–Crippen MR) is 159 cm³/mol. The normalized spacial score (nSPS) is 10.4. The average Bonchev–Trinajstić information content (AvgIpc) is 3.75. The molecular formula is C25H24B2BrF3N7O2S. The summed E-state index contributed by atoms with van der Waals surface area (Å²) in [6.07, 6.45) is 2.11. The van der Waals surface area contributed by atoms with Gasteiger partial charge in [0.2, 0.25) is 0 Å². The molecule has 3 aromatic carbocycles. The molecule has 0 aliphatic heterocycles. The Morgan fingerprint density at radius 3 is 1.73 bits per heavy atom. The summed E-state index contributed by atoms with van der Waals surface area (Å²) >= 11 is 6.21. The Morgan fingerprint density at radius 2 is 1.32 bits per heavy atom. The summed E-state index contributed by atoms with van der Waals surface area (Å²) in [6, 6.07) is 14.9. The van der Waals surface area contributed by atoms with Crippen molar-refractivity contribution in [3.05, 3.63) is 86.6 Å². The summed E-state index contributed by atoms with van der Waals surface area (Å²) in [4.78, 5) is 0. The number of benzene rings is 3. The van der Waals surface area contributed by atoms with Crippen molar-refractivity contribution in [3.63, 3.8) is 0 Å². The van der Waals surface area contributed by atoms with Crippen molar-refractivity contribution < 1.29 is 23.2 Å². The molecule has 1 aliphatic carbocycles. The minimum absolute atomic E-state index is 0.00949. The van der Waals surface area contributed by atoms with E-state index < -0.39 is 24.6 Å². The molecule has 0 heterocycles. The maximum atomic E-state index is 13.0. The summed E-state index contributed by atoms with van der Waals surface area (Å²) in [7, 11) is 3.17. The molecular weight excluding hydrogens is 621 g/mol. The molecule has 41 heavy (non-hydrogen) atoms. The van der Waals surface area contributed by atoms with E-state index in [9.17, 15) is 13.2 Å².